The Morgan fingerprint density at radius 2 is 1.24 bits per heavy atom. The summed E-state index contributed by atoms with van der Waals surface area (Å²) in [7, 11) is 0. The zero-order valence-electron chi connectivity index (χ0n) is 46.4. The molecule has 7 fully saturated rings. The van der Waals surface area contributed by atoms with Crippen molar-refractivity contribution in [2.24, 2.45) is 50.2 Å². The van der Waals surface area contributed by atoms with Gasteiger partial charge in [-0.25, -0.2) is 9.59 Å². The number of aliphatic hydroxyl groups excluding tert-OH is 12. The smallest absolute Gasteiger partial charge is 0.335 e. The summed E-state index contributed by atoms with van der Waals surface area (Å²) in [6.45, 7) is 14.1. The zero-order valence-corrected chi connectivity index (χ0v) is 46.4. The molecule has 3 aliphatic heterocycles. The molecule has 0 aromatic carbocycles. The van der Waals surface area contributed by atoms with Gasteiger partial charge in [0.15, 0.2) is 25.0 Å². The first-order chi connectivity index (χ1) is 36.9. The molecule has 0 unspecified atom stereocenters. The maximum atomic E-state index is 13.4. The Balaban J connectivity index is 1.12. The summed E-state index contributed by atoms with van der Waals surface area (Å²) in [5, 5.41) is 143. The first-order valence-corrected chi connectivity index (χ1v) is 27.7. The fraction of sp³-hybridized carbons (Fsp3) is 0.873. The Bertz CT molecular complexity index is 2290. The van der Waals surface area contributed by atoms with Gasteiger partial charge in [-0.05, 0) is 92.8 Å². The molecule has 3 heterocycles. The lowest BCUT2D eigenvalue weighted by molar-refractivity contribution is -0.392. The van der Waals surface area contributed by atoms with Crippen LogP contribution in [-0.4, -0.2) is 227 Å². The van der Waals surface area contributed by atoms with Crippen molar-refractivity contribution < 1.29 is 119 Å². The molecule has 0 aromatic heterocycles. The van der Waals surface area contributed by atoms with Gasteiger partial charge in [-0.15, -0.1) is 0 Å². The van der Waals surface area contributed by atoms with Crippen molar-refractivity contribution in [2.75, 3.05) is 26.4 Å². The van der Waals surface area contributed by atoms with Gasteiger partial charge < -0.3 is 104 Å². The number of carboxylic acid groups (broad SMARTS) is 1. The van der Waals surface area contributed by atoms with Crippen LogP contribution in [0.2, 0.25) is 0 Å². The predicted molar refractivity (Wildman–Crippen MR) is 269 cm³/mol. The molecule has 450 valence electrons. The number of rotatable bonds is 14. The molecule has 0 radical (unpaired) electrons. The summed E-state index contributed by atoms with van der Waals surface area (Å²) in [5.41, 5.74) is -3.78. The third-order valence-electron chi connectivity index (χ3n) is 21.1. The van der Waals surface area contributed by atoms with E-state index in [9.17, 15) is 80.8 Å². The largest absolute Gasteiger partial charge is 0.479 e. The van der Waals surface area contributed by atoms with E-state index in [1.54, 1.807) is 19.9 Å². The molecule has 24 nitrogen and oxygen atoms in total. The van der Waals surface area contributed by atoms with Crippen LogP contribution in [0.25, 0.3) is 0 Å². The fourth-order valence-corrected chi connectivity index (χ4v) is 16.2. The third-order valence-corrected chi connectivity index (χ3v) is 21.1. The van der Waals surface area contributed by atoms with Crippen LogP contribution in [0.1, 0.15) is 107 Å². The van der Waals surface area contributed by atoms with Crippen LogP contribution >= 0.6 is 0 Å². The first kappa shape index (κ1) is 62.2. The van der Waals surface area contributed by atoms with Crippen LogP contribution in [0.5, 0.6) is 0 Å². The quantitative estimate of drug-likeness (QED) is 0.0415. The first-order valence-electron chi connectivity index (χ1n) is 27.7. The Hall–Kier alpha value is -2.83. The summed E-state index contributed by atoms with van der Waals surface area (Å²) in [5.74, 6) is -3.88. The van der Waals surface area contributed by atoms with E-state index in [1.807, 2.05) is 20.8 Å². The van der Waals surface area contributed by atoms with Crippen LogP contribution in [0.3, 0.4) is 0 Å². The van der Waals surface area contributed by atoms with E-state index in [4.69, 9.17) is 37.9 Å². The normalized spacial score (nSPS) is 50.6. The molecule has 24 heteroatoms. The molecule has 0 amide bonds. The van der Waals surface area contributed by atoms with Crippen LogP contribution < -0.4 is 0 Å². The second-order valence-electron chi connectivity index (χ2n) is 25.5. The van der Waals surface area contributed by atoms with E-state index in [-0.39, 0.29) is 24.7 Å². The predicted octanol–water partition coefficient (Wildman–Crippen LogP) is -1.32. The molecular weight excluding hydrogens is 1040 g/mol. The highest BCUT2D eigenvalue weighted by Crippen LogP contribution is 2.76. The molecule has 13 N–H and O–H groups in total. The van der Waals surface area contributed by atoms with E-state index in [0.29, 0.717) is 37.7 Å². The van der Waals surface area contributed by atoms with Gasteiger partial charge in [-0.3, -0.25) is 4.79 Å². The Morgan fingerprint density at radius 1 is 0.658 bits per heavy atom. The summed E-state index contributed by atoms with van der Waals surface area (Å²) >= 11 is 0. The van der Waals surface area contributed by atoms with E-state index in [1.165, 1.54) is 6.92 Å². The highest BCUT2D eigenvalue weighted by molar-refractivity contribution is 5.87. The zero-order chi connectivity index (χ0) is 58.4. The van der Waals surface area contributed by atoms with Crippen molar-refractivity contribution in [3.8, 4) is 0 Å². The standard InChI is InChI=1S/C55H86O24/c1-10-23(2)46(71)79-43-44(72-24(3)60)55(22-59)26(17-50(43,4)5)25-11-12-30-51(6)15-14-32(52(7,21-58)29(51)13-16-53(30,8)54(25,9)18-31(55)61)75-49-41(77-48-38(67)36(65)34(63)28(20-57)74-48)39(68)40(42(78-49)45(69)70)76-47-37(66)35(64)33(62)27(19-56)73-47/h10-11,26-44,47-49,56-59,61-68H,12-22H2,1-9H3,(H,69,70)/b23-10+/t26-,27+,28+,29+,30+,31+,32-,33+,34+,35-,36-,37+,38+,39-,40-,41+,42-,43-,44-,47-,48-,49+,51-,52-,53+,54+,55-/m0/s1. The SMILES string of the molecule is C/C=C(\C)C(=O)O[C@H]1[C@H](OC(C)=O)[C@]2(CO)[C@H](O)C[C@]3(C)C(=CC[C@@H]4[C@@]5(C)CC[C@H](O[C@@H]6O[C@H](C(=O)O)[C@@H](O[C@@H]7O[C@H](CO)[C@@H](O)[C@H](O)[C@H]7O)[C@H](O)[C@H]6O[C@@H]6O[C@H](CO)[C@@H](O)[C@H](O)[C@H]6O)[C@@](C)(CO)[C@@H]5CC[C@]43C)[C@@H]2CC1(C)C. The number of hydrogen-bond donors (Lipinski definition) is 13. The number of allylic oxidation sites excluding steroid dienone is 3. The monoisotopic (exact) mass is 1130 g/mol. The van der Waals surface area contributed by atoms with Gasteiger partial charge in [0.2, 0.25) is 0 Å². The maximum absolute atomic E-state index is 13.4. The van der Waals surface area contributed by atoms with Gasteiger partial charge in [-0.1, -0.05) is 59.3 Å². The van der Waals surface area contributed by atoms with Crippen LogP contribution in [-0.2, 0) is 52.3 Å². The molecule has 5 aliphatic carbocycles. The van der Waals surface area contributed by atoms with Gasteiger partial charge in [0.05, 0.1) is 44.1 Å². The van der Waals surface area contributed by atoms with E-state index in [2.05, 4.69) is 26.8 Å². The highest BCUT2D eigenvalue weighted by atomic mass is 16.8. The topological polar surface area (TPSA) is 388 Å². The minimum Gasteiger partial charge on any atom is -0.479 e. The van der Waals surface area contributed by atoms with Crippen LogP contribution in [0.4, 0.5) is 0 Å². The van der Waals surface area contributed by atoms with Gasteiger partial charge in [0, 0.05) is 23.3 Å². The van der Waals surface area contributed by atoms with Crippen LogP contribution in [0, 0.1) is 50.2 Å². The van der Waals surface area contributed by atoms with Crippen molar-refractivity contribution in [1.29, 1.82) is 0 Å². The van der Waals surface area contributed by atoms with Crippen molar-refractivity contribution in [1.82, 2.24) is 0 Å². The number of hydrogen-bond acceptors (Lipinski definition) is 23. The lowest BCUT2D eigenvalue weighted by Gasteiger charge is -2.72. The maximum Gasteiger partial charge on any atom is 0.335 e. The Labute approximate surface area is 459 Å². The Morgan fingerprint density at radius 3 is 1.76 bits per heavy atom. The van der Waals surface area contributed by atoms with Crippen molar-refractivity contribution in [2.45, 2.75) is 224 Å². The molecule has 4 saturated carbocycles. The van der Waals surface area contributed by atoms with Crippen molar-refractivity contribution in [3.63, 3.8) is 0 Å². The average molecular weight is 1130 g/mol. The minimum atomic E-state index is -2.18. The average Bonchev–Trinajstić information content (AvgIpc) is 3.29. The number of carboxylic acids is 1. The van der Waals surface area contributed by atoms with E-state index in [0.717, 1.165) is 5.57 Å². The number of fused-ring (bicyclic) bond motifs is 7. The van der Waals surface area contributed by atoms with Gasteiger partial charge in [0.1, 0.15) is 79.4 Å². The number of carbonyl (C=O) groups is 3. The molecule has 0 spiro atoms. The molecule has 8 rings (SSSR count). The number of esters is 2. The molecule has 27 atom stereocenters. The lowest BCUT2D eigenvalue weighted by atomic mass is 9.33. The van der Waals surface area contributed by atoms with Gasteiger partial charge in [-0.2, -0.15) is 0 Å². The Kier molecular flexibility index (Phi) is 17.8. The summed E-state index contributed by atoms with van der Waals surface area (Å²) in [6.07, 6.45) is -26.5. The number of ether oxygens (including phenoxy) is 8. The van der Waals surface area contributed by atoms with Gasteiger partial charge >= 0.3 is 17.9 Å². The summed E-state index contributed by atoms with van der Waals surface area (Å²) < 4.78 is 48.2. The molecule has 0 aromatic rings. The third kappa shape index (κ3) is 9.94. The number of aliphatic hydroxyl groups is 12. The second kappa shape index (κ2) is 22.6. The number of aliphatic carboxylic acids is 1. The summed E-state index contributed by atoms with van der Waals surface area (Å²) in [4.78, 5) is 39.5. The molecule has 8 aliphatic rings. The number of carbonyl (C=O) groups excluding carboxylic acids is 2. The van der Waals surface area contributed by atoms with Gasteiger partial charge in [0.25, 0.3) is 0 Å². The van der Waals surface area contributed by atoms with E-state index < -0.39 is 199 Å². The molecule has 79 heavy (non-hydrogen) atoms. The molecular formula is C55H86O24. The van der Waals surface area contributed by atoms with Crippen LogP contribution in [0.15, 0.2) is 23.3 Å². The molecule has 3 saturated heterocycles. The lowest BCUT2D eigenvalue weighted by Crippen LogP contribution is -2.72. The second-order valence-corrected chi connectivity index (χ2v) is 25.5. The van der Waals surface area contributed by atoms with Crippen molar-refractivity contribution >= 4 is 17.9 Å². The fourth-order valence-electron chi connectivity index (χ4n) is 16.2. The summed E-state index contributed by atoms with van der Waals surface area (Å²) in [6, 6.07) is 0. The molecule has 0 bridgehead atoms. The van der Waals surface area contributed by atoms with E-state index >= 15 is 0 Å². The minimum absolute atomic E-state index is 0.0849. The highest BCUT2D eigenvalue weighted by Gasteiger charge is 2.74. The van der Waals surface area contributed by atoms with Crippen molar-refractivity contribution in [3.05, 3.63) is 23.3 Å².